The van der Waals surface area contributed by atoms with Gasteiger partial charge in [0.05, 0.1) is 17.7 Å². The Labute approximate surface area is 99.7 Å². The van der Waals surface area contributed by atoms with Crippen molar-refractivity contribution in [2.75, 3.05) is 13.2 Å². The Balaban J connectivity index is 2.97. The van der Waals surface area contributed by atoms with Crippen molar-refractivity contribution in [3.8, 4) is 5.75 Å². The maximum atomic E-state index is 5.59. The maximum absolute atomic E-state index is 5.59. The summed E-state index contributed by atoms with van der Waals surface area (Å²) in [5.74, 6) is 0.900. The highest BCUT2D eigenvalue weighted by atomic mass is 79.9. The van der Waals surface area contributed by atoms with Crippen molar-refractivity contribution in [2.45, 2.75) is 27.4 Å². The predicted molar refractivity (Wildman–Crippen MR) is 65.4 cm³/mol. The van der Waals surface area contributed by atoms with Crippen LogP contribution in [-0.2, 0) is 11.3 Å². The van der Waals surface area contributed by atoms with Gasteiger partial charge in [0.2, 0.25) is 0 Å². The molecule has 0 bridgehead atoms. The highest BCUT2D eigenvalue weighted by Crippen LogP contribution is 2.31. The van der Waals surface area contributed by atoms with Gasteiger partial charge >= 0.3 is 0 Å². The molecule has 0 unspecified atom stereocenters. The molecule has 0 heterocycles. The molecular weight excluding hydrogens is 256 g/mol. The summed E-state index contributed by atoms with van der Waals surface area (Å²) in [6, 6.07) is 4.16. The fraction of sp³-hybridized carbons (Fsp3) is 0.500. The second kappa shape index (κ2) is 6.13. The van der Waals surface area contributed by atoms with Crippen LogP contribution in [0.5, 0.6) is 5.75 Å². The minimum atomic E-state index is 0.603. The SMILES string of the molecule is CCOCc1cc(C)cc(Br)c1OCC. The lowest BCUT2D eigenvalue weighted by molar-refractivity contribution is 0.131. The predicted octanol–water partition coefficient (Wildman–Crippen LogP) is 3.69. The van der Waals surface area contributed by atoms with E-state index in [1.54, 1.807) is 0 Å². The van der Waals surface area contributed by atoms with Crippen LogP contribution < -0.4 is 4.74 Å². The van der Waals surface area contributed by atoms with Gasteiger partial charge in [-0.15, -0.1) is 0 Å². The van der Waals surface area contributed by atoms with Crippen molar-refractivity contribution in [3.05, 3.63) is 27.7 Å². The molecule has 1 aromatic rings. The Morgan fingerprint density at radius 2 is 1.93 bits per heavy atom. The third kappa shape index (κ3) is 3.50. The van der Waals surface area contributed by atoms with E-state index in [4.69, 9.17) is 9.47 Å². The molecule has 0 saturated carbocycles. The molecule has 0 aliphatic heterocycles. The molecule has 0 atom stereocenters. The number of benzene rings is 1. The first-order valence-corrected chi connectivity index (χ1v) is 5.97. The second-order valence-corrected chi connectivity index (χ2v) is 4.16. The fourth-order valence-electron chi connectivity index (χ4n) is 1.43. The van der Waals surface area contributed by atoms with Crippen LogP contribution in [0.2, 0.25) is 0 Å². The zero-order chi connectivity index (χ0) is 11.3. The zero-order valence-electron chi connectivity index (χ0n) is 9.47. The zero-order valence-corrected chi connectivity index (χ0v) is 11.1. The minimum Gasteiger partial charge on any atom is -0.492 e. The van der Waals surface area contributed by atoms with Gasteiger partial charge in [-0.25, -0.2) is 0 Å². The van der Waals surface area contributed by atoms with Crippen LogP contribution >= 0.6 is 15.9 Å². The van der Waals surface area contributed by atoms with Gasteiger partial charge in [-0.1, -0.05) is 0 Å². The molecule has 0 aliphatic carbocycles. The van der Waals surface area contributed by atoms with Crippen molar-refractivity contribution < 1.29 is 9.47 Å². The van der Waals surface area contributed by atoms with E-state index in [1.807, 2.05) is 13.8 Å². The van der Waals surface area contributed by atoms with Crippen LogP contribution in [0.4, 0.5) is 0 Å². The van der Waals surface area contributed by atoms with Gasteiger partial charge in [0.1, 0.15) is 5.75 Å². The average molecular weight is 273 g/mol. The van der Waals surface area contributed by atoms with E-state index in [0.717, 1.165) is 22.4 Å². The van der Waals surface area contributed by atoms with E-state index < -0.39 is 0 Å². The van der Waals surface area contributed by atoms with Crippen LogP contribution in [0.3, 0.4) is 0 Å². The molecule has 0 spiro atoms. The Morgan fingerprint density at radius 1 is 1.20 bits per heavy atom. The lowest BCUT2D eigenvalue weighted by Crippen LogP contribution is -2.00. The lowest BCUT2D eigenvalue weighted by Gasteiger charge is -2.13. The first-order chi connectivity index (χ1) is 7.19. The standard InChI is InChI=1S/C12H17BrO2/c1-4-14-8-10-6-9(3)7-11(13)12(10)15-5-2/h6-7H,4-5,8H2,1-3H3. The highest BCUT2D eigenvalue weighted by Gasteiger charge is 2.09. The number of rotatable bonds is 5. The number of hydrogen-bond acceptors (Lipinski definition) is 2. The number of hydrogen-bond donors (Lipinski definition) is 0. The molecule has 0 N–H and O–H groups in total. The smallest absolute Gasteiger partial charge is 0.138 e. The monoisotopic (exact) mass is 272 g/mol. The average Bonchev–Trinajstić information content (AvgIpc) is 2.19. The first kappa shape index (κ1) is 12.5. The molecule has 2 nitrogen and oxygen atoms in total. The third-order valence-electron chi connectivity index (χ3n) is 2.02. The van der Waals surface area contributed by atoms with Crippen LogP contribution in [0.1, 0.15) is 25.0 Å². The molecule has 15 heavy (non-hydrogen) atoms. The Bertz CT molecular complexity index is 324. The van der Waals surface area contributed by atoms with E-state index >= 15 is 0 Å². The Kier molecular flexibility index (Phi) is 5.12. The highest BCUT2D eigenvalue weighted by molar-refractivity contribution is 9.10. The largest absolute Gasteiger partial charge is 0.492 e. The van der Waals surface area contributed by atoms with E-state index in [2.05, 4.69) is 35.0 Å². The van der Waals surface area contributed by atoms with E-state index in [9.17, 15) is 0 Å². The van der Waals surface area contributed by atoms with Crippen LogP contribution in [0.15, 0.2) is 16.6 Å². The summed E-state index contributed by atoms with van der Waals surface area (Å²) < 4.78 is 12.0. The number of halogens is 1. The van der Waals surface area contributed by atoms with Gasteiger partial charge in [0, 0.05) is 12.2 Å². The van der Waals surface area contributed by atoms with Crippen LogP contribution in [-0.4, -0.2) is 13.2 Å². The third-order valence-corrected chi connectivity index (χ3v) is 2.60. The van der Waals surface area contributed by atoms with Crippen molar-refractivity contribution in [1.82, 2.24) is 0 Å². The minimum absolute atomic E-state index is 0.603. The van der Waals surface area contributed by atoms with Gasteiger partial charge in [0.15, 0.2) is 0 Å². The molecule has 0 aliphatic rings. The van der Waals surface area contributed by atoms with Gasteiger partial charge < -0.3 is 9.47 Å². The number of ether oxygens (including phenoxy) is 2. The summed E-state index contributed by atoms with van der Waals surface area (Å²) >= 11 is 3.51. The van der Waals surface area contributed by atoms with Gasteiger partial charge in [0.25, 0.3) is 0 Å². The normalized spacial score (nSPS) is 10.4. The summed E-state index contributed by atoms with van der Waals surface area (Å²) in [6.07, 6.45) is 0. The van der Waals surface area contributed by atoms with Crippen LogP contribution in [0.25, 0.3) is 0 Å². The van der Waals surface area contributed by atoms with Crippen molar-refractivity contribution in [3.63, 3.8) is 0 Å². The molecule has 0 radical (unpaired) electrons. The fourth-order valence-corrected chi connectivity index (χ4v) is 2.16. The van der Waals surface area contributed by atoms with Crippen molar-refractivity contribution in [1.29, 1.82) is 0 Å². The summed E-state index contributed by atoms with van der Waals surface area (Å²) in [7, 11) is 0. The topological polar surface area (TPSA) is 18.5 Å². The van der Waals surface area contributed by atoms with E-state index in [1.165, 1.54) is 5.56 Å². The molecule has 3 heteroatoms. The van der Waals surface area contributed by atoms with Crippen molar-refractivity contribution >= 4 is 15.9 Å². The van der Waals surface area contributed by atoms with E-state index in [0.29, 0.717) is 13.2 Å². The quantitative estimate of drug-likeness (QED) is 0.814. The summed E-state index contributed by atoms with van der Waals surface area (Å²) in [5, 5.41) is 0. The molecule has 0 fully saturated rings. The second-order valence-electron chi connectivity index (χ2n) is 3.31. The number of aryl methyl sites for hydroxylation is 1. The molecule has 0 amide bonds. The maximum Gasteiger partial charge on any atom is 0.138 e. The summed E-state index contributed by atoms with van der Waals surface area (Å²) in [4.78, 5) is 0. The Morgan fingerprint density at radius 3 is 2.53 bits per heavy atom. The van der Waals surface area contributed by atoms with Crippen molar-refractivity contribution in [2.24, 2.45) is 0 Å². The molecule has 1 rings (SSSR count). The molecular formula is C12H17BrO2. The summed E-state index contributed by atoms with van der Waals surface area (Å²) in [5.41, 5.74) is 2.31. The first-order valence-electron chi connectivity index (χ1n) is 5.18. The van der Waals surface area contributed by atoms with Gasteiger partial charge in [-0.05, 0) is 54.4 Å². The molecule has 1 aromatic carbocycles. The summed E-state index contributed by atoms with van der Waals surface area (Å²) in [6.45, 7) is 8.03. The van der Waals surface area contributed by atoms with E-state index in [-0.39, 0.29) is 0 Å². The van der Waals surface area contributed by atoms with Gasteiger partial charge in [-0.3, -0.25) is 0 Å². The molecule has 84 valence electrons. The molecule has 0 aromatic heterocycles. The van der Waals surface area contributed by atoms with Gasteiger partial charge in [-0.2, -0.15) is 0 Å². The lowest BCUT2D eigenvalue weighted by atomic mass is 10.1. The van der Waals surface area contributed by atoms with Crippen LogP contribution in [0, 0.1) is 6.92 Å². The Hall–Kier alpha value is -0.540. The molecule has 0 saturated heterocycles.